The smallest absolute Gasteiger partial charge is 0.335 e. The van der Waals surface area contributed by atoms with Gasteiger partial charge in [0, 0.05) is 30.1 Å². The van der Waals surface area contributed by atoms with Gasteiger partial charge >= 0.3 is 11.9 Å². The van der Waals surface area contributed by atoms with Crippen molar-refractivity contribution in [3.05, 3.63) is 95.1 Å². The Morgan fingerprint density at radius 1 is 0.611 bits per heavy atom. The lowest BCUT2D eigenvalue weighted by molar-refractivity contribution is 0.0684. The van der Waals surface area contributed by atoms with Crippen LogP contribution in [0.4, 0.5) is 52.0 Å². The van der Waals surface area contributed by atoms with Gasteiger partial charge in [0.15, 0.2) is 13.6 Å². The number of carboxylic acid groups (broad SMARTS) is 2. The fraction of sp³-hybridized carbons (Fsp3) is 0.171. The molecule has 0 saturated heterocycles. The first-order valence-electron chi connectivity index (χ1n) is 16.0. The predicted octanol–water partition coefficient (Wildman–Crippen LogP) is 6.26. The van der Waals surface area contributed by atoms with Gasteiger partial charge in [-0.25, -0.2) is 9.59 Å². The molecule has 0 spiro atoms. The van der Waals surface area contributed by atoms with Gasteiger partial charge in [0.25, 0.3) is 0 Å². The Morgan fingerprint density at radius 2 is 1.06 bits per heavy atom. The summed E-state index contributed by atoms with van der Waals surface area (Å²) < 4.78 is 10.0. The average molecular weight is 739 g/mol. The molecule has 0 amide bonds. The maximum atomic E-state index is 11.5. The van der Waals surface area contributed by atoms with E-state index < -0.39 is 25.5 Å². The maximum absolute atomic E-state index is 11.5. The SMILES string of the molecule is Cc1cc(Nc2nc(NCCO)nc(Nc3ccc(N=Nc4cc(OCO)cc(C(=O)O)c4)c(C)c3)n2)ccc1N=Nc1cc(OCO)cc(C(=O)O)c1. The molecule has 278 valence electrons. The Balaban J connectivity index is 1.33. The third-order valence-corrected chi connectivity index (χ3v) is 7.22. The second kappa shape index (κ2) is 17.9. The number of aryl methyl sites for hydroxylation is 2. The molecule has 19 nitrogen and oxygen atoms in total. The van der Waals surface area contributed by atoms with E-state index >= 15 is 0 Å². The van der Waals surface area contributed by atoms with Crippen molar-refractivity contribution in [3.8, 4) is 11.5 Å². The standard InChI is InChI=1S/C35H34N10O9/c1-19-9-23(3-5-29(19)44-42-25-11-21(31(49)50)13-27(15-25)53-17-47)37-34-39-33(36-7-8-46)40-35(41-34)38-24-4-6-30(20(2)10-24)45-43-26-12-22(32(51)52)14-28(16-26)54-18-48/h3-6,9-16,46-48H,7-8,17-18H2,1-2H3,(H,49,50)(H,51,52)(H3,36,37,38,39,40,41). The number of anilines is 5. The normalized spacial score (nSPS) is 11.1. The molecule has 1 aromatic heterocycles. The Bertz CT molecular complexity index is 2070. The number of azo groups is 2. The average Bonchev–Trinajstić information content (AvgIpc) is 3.13. The van der Waals surface area contributed by atoms with Crippen molar-refractivity contribution in [1.29, 1.82) is 0 Å². The van der Waals surface area contributed by atoms with Crippen molar-refractivity contribution in [2.75, 3.05) is 42.7 Å². The zero-order valence-electron chi connectivity index (χ0n) is 28.8. The van der Waals surface area contributed by atoms with Gasteiger partial charge in [-0.15, -0.1) is 0 Å². The number of ether oxygens (including phenoxy) is 2. The molecular weight excluding hydrogens is 704 g/mol. The largest absolute Gasteiger partial charge is 0.478 e. The molecule has 0 saturated carbocycles. The van der Waals surface area contributed by atoms with Gasteiger partial charge in [-0.3, -0.25) is 0 Å². The number of carboxylic acids is 2. The molecule has 5 aromatic rings. The van der Waals surface area contributed by atoms with Crippen LogP contribution < -0.4 is 25.4 Å². The second-order valence-electron chi connectivity index (χ2n) is 11.2. The number of carbonyl (C=O) groups is 2. The number of aromatic nitrogens is 3. The van der Waals surface area contributed by atoms with E-state index in [-0.39, 0.29) is 65.0 Å². The lowest BCUT2D eigenvalue weighted by Gasteiger charge is -2.12. The van der Waals surface area contributed by atoms with Crippen molar-refractivity contribution < 1.29 is 44.6 Å². The molecule has 0 radical (unpaired) electrons. The molecule has 0 fully saturated rings. The van der Waals surface area contributed by atoms with E-state index in [0.29, 0.717) is 22.7 Å². The molecule has 8 N–H and O–H groups in total. The van der Waals surface area contributed by atoms with Gasteiger partial charge in [-0.05, 0) is 85.6 Å². The van der Waals surface area contributed by atoms with E-state index in [0.717, 1.165) is 11.1 Å². The molecule has 54 heavy (non-hydrogen) atoms. The summed E-state index contributed by atoms with van der Waals surface area (Å²) in [6.45, 7) is 2.38. The number of aliphatic hydroxyl groups excluding tert-OH is 3. The monoisotopic (exact) mass is 738 g/mol. The lowest BCUT2D eigenvalue weighted by atomic mass is 10.2. The Morgan fingerprint density at radius 3 is 1.44 bits per heavy atom. The van der Waals surface area contributed by atoms with Crippen LogP contribution in [0, 0.1) is 13.8 Å². The first-order chi connectivity index (χ1) is 26.0. The van der Waals surface area contributed by atoms with Crippen molar-refractivity contribution in [1.82, 2.24) is 15.0 Å². The van der Waals surface area contributed by atoms with Crippen LogP contribution in [0.2, 0.25) is 0 Å². The van der Waals surface area contributed by atoms with Crippen LogP contribution in [0.3, 0.4) is 0 Å². The van der Waals surface area contributed by atoms with Crippen LogP contribution in [0.5, 0.6) is 11.5 Å². The van der Waals surface area contributed by atoms with Crippen LogP contribution >= 0.6 is 0 Å². The molecular formula is C35H34N10O9. The third-order valence-electron chi connectivity index (χ3n) is 7.22. The summed E-state index contributed by atoms with van der Waals surface area (Å²) in [6.07, 6.45) is 0. The molecule has 0 bridgehead atoms. The summed E-state index contributed by atoms with van der Waals surface area (Å²) in [5.41, 5.74) is 3.94. The summed E-state index contributed by atoms with van der Waals surface area (Å²) in [6, 6.07) is 18.5. The number of benzene rings is 4. The minimum absolute atomic E-state index is 0.0766. The molecule has 4 aromatic carbocycles. The van der Waals surface area contributed by atoms with Gasteiger partial charge in [-0.2, -0.15) is 35.4 Å². The predicted molar refractivity (Wildman–Crippen MR) is 195 cm³/mol. The van der Waals surface area contributed by atoms with Gasteiger partial charge in [-0.1, -0.05) is 0 Å². The van der Waals surface area contributed by atoms with Gasteiger partial charge in [0.1, 0.15) is 11.5 Å². The second-order valence-corrected chi connectivity index (χ2v) is 11.2. The third kappa shape index (κ3) is 10.5. The molecule has 1 heterocycles. The minimum atomic E-state index is -1.19. The molecule has 0 aliphatic carbocycles. The number of aliphatic hydroxyl groups is 3. The van der Waals surface area contributed by atoms with Crippen LogP contribution in [0.25, 0.3) is 0 Å². The number of rotatable bonds is 17. The number of nitrogens with zero attached hydrogens (tertiary/aromatic N) is 7. The van der Waals surface area contributed by atoms with E-state index in [1.807, 2.05) is 13.8 Å². The van der Waals surface area contributed by atoms with Gasteiger partial charge in [0.2, 0.25) is 17.8 Å². The number of hydrogen-bond donors (Lipinski definition) is 8. The summed E-state index contributed by atoms with van der Waals surface area (Å²) in [4.78, 5) is 36.3. The summed E-state index contributed by atoms with van der Waals surface area (Å²) in [5.74, 6) is -1.57. The summed E-state index contributed by atoms with van der Waals surface area (Å²) >= 11 is 0. The van der Waals surface area contributed by atoms with E-state index in [1.165, 1.54) is 36.4 Å². The Kier molecular flexibility index (Phi) is 12.7. The minimum Gasteiger partial charge on any atom is -0.478 e. The first-order valence-corrected chi connectivity index (χ1v) is 16.0. The quantitative estimate of drug-likeness (QED) is 0.0386. The van der Waals surface area contributed by atoms with E-state index in [1.54, 1.807) is 36.4 Å². The van der Waals surface area contributed by atoms with Crippen LogP contribution in [-0.4, -0.2) is 79.2 Å². The summed E-state index contributed by atoms with van der Waals surface area (Å²) in [5, 5.41) is 72.3. The van der Waals surface area contributed by atoms with Gasteiger partial charge in [0.05, 0.1) is 40.5 Å². The first kappa shape index (κ1) is 38.1. The topological polar surface area (TPSA) is 278 Å². The van der Waals surface area contributed by atoms with Crippen molar-refractivity contribution in [3.63, 3.8) is 0 Å². The molecule has 0 atom stereocenters. The molecule has 0 unspecified atom stereocenters. The molecule has 5 rings (SSSR count). The van der Waals surface area contributed by atoms with E-state index in [4.69, 9.17) is 19.7 Å². The Hall–Kier alpha value is -7.09. The molecule has 19 heteroatoms. The van der Waals surface area contributed by atoms with Gasteiger partial charge < -0.3 is 51.0 Å². The van der Waals surface area contributed by atoms with E-state index in [9.17, 15) is 24.9 Å². The lowest BCUT2D eigenvalue weighted by Crippen LogP contribution is -2.12. The van der Waals surface area contributed by atoms with Crippen molar-refractivity contribution >= 4 is 63.9 Å². The fourth-order valence-corrected chi connectivity index (χ4v) is 4.75. The summed E-state index contributed by atoms with van der Waals surface area (Å²) in [7, 11) is 0. The number of hydrogen-bond acceptors (Lipinski definition) is 17. The highest BCUT2D eigenvalue weighted by molar-refractivity contribution is 5.90. The van der Waals surface area contributed by atoms with E-state index in [2.05, 4.69) is 51.4 Å². The van der Waals surface area contributed by atoms with Crippen LogP contribution in [0.1, 0.15) is 31.8 Å². The fourth-order valence-electron chi connectivity index (χ4n) is 4.75. The molecule has 0 aliphatic rings. The maximum Gasteiger partial charge on any atom is 0.335 e. The highest BCUT2D eigenvalue weighted by Gasteiger charge is 2.12. The zero-order chi connectivity index (χ0) is 38.6. The van der Waals surface area contributed by atoms with Crippen molar-refractivity contribution in [2.24, 2.45) is 20.5 Å². The Labute approximate surface area is 306 Å². The zero-order valence-corrected chi connectivity index (χ0v) is 28.8. The number of nitrogens with one attached hydrogen (secondary N) is 3. The molecule has 0 aliphatic heterocycles. The van der Waals surface area contributed by atoms with Crippen molar-refractivity contribution in [2.45, 2.75) is 13.8 Å². The highest BCUT2D eigenvalue weighted by atomic mass is 16.6. The highest BCUT2D eigenvalue weighted by Crippen LogP contribution is 2.31. The van der Waals surface area contributed by atoms with Crippen LogP contribution in [-0.2, 0) is 0 Å². The number of aromatic carboxylic acids is 2. The van der Waals surface area contributed by atoms with Crippen LogP contribution in [0.15, 0.2) is 93.3 Å².